The quantitative estimate of drug-likeness (QED) is 0.735. The molecule has 3 heteroatoms. The third kappa shape index (κ3) is 3.89. The van der Waals surface area contributed by atoms with Crippen LogP contribution in [0.15, 0.2) is 12.2 Å². The van der Waals surface area contributed by atoms with Crippen molar-refractivity contribution in [2.24, 2.45) is 0 Å². The molecule has 1 aliphatic carbocycles. The molecule has 0 aromatic heterocycles. The third-order valence-electron chi connectivity index (χ3n) is 3.25. The van der Waals surface area contributed by atoms with Crippen LogP contribution in [0.25, 0.3) is 0 Å². The molecule has 2 rings (SSSR count). The Morgan fingerprint density at radius 3 is 2.88 bits per heavy atom. The first-order chi connectivity index (χ1) is 7.84. The van der Waals surface area contributed by atoms with Crippen LogP contribution in [0.4, 0.5) is 0 Å². The van der Waals surface area contributed by atoms with E-state index in [1.165, 1.54) is 6.42 Å². The molecule has 1 saturated heterocycles. The van der Waals surface area contributed by atoms with E-state index in [0.717, 1.165) is 45.1 Å². The lowest BCUT2D eigenvalue weighted by atomic mass is 10.0. The van der Waals surface area contributed by atoms with Crippen LogP contribution in [0.3, 0.4) is 0 Å². The van der Waals surface area contributed by atoms with Crippen LogP contribution in [0.5, 0.6) is 0 Å². The molecule has 3 nitrogen and oxygen atoms in total. The number of aliphatic hydroxyl groups is 1. The van der Waals surface area contributed by atoms with Gasteiger partial charge in [0, 0.05) is 6.61 Å². The minimum absolute atomic E-state index is 0.00671. The summed E-state index contributed by atoms with van der Waals surface area (Å²) < 4.78 is 11.5. The average molecular weight is 226 g/mol. The van der Waals surface area contributed by atoms with Crippen molar-refractivity contribution in [3.05, 3.63) is 12.2 Å². The van der Waals surface area contributed by atoms with Crippen LogP contribution in [-0.2, 0) is 9.47 Å². The number of ether oxygens (including phenoxy) is 2. The molecule has 92 valence electrons. The van der Waals surface area contributed by atoms with E-state index >= 15 is 0 Å². The van der Waals surface area contributed by atoms with E-state index in [1.54, 1.807) is 0 Å². The fourth-order valence-electron chi connectivity index (χ4n) is 2.28. The molecule has 0 aromatic rings. The SMILES string of the molecule is OC1C/C=C\C(OC2CCCCO2)CCC1. The van der Waals surface area contributed by atoms with Gasteiger partial charge < -0.3 is 14.6 Å². The lowest BCUT2D eigenvalue weighted by Gasteiger charge is -2.27. The highest BCUT2D eigenvalue weighted by molar-refractivity contribution is 4.93. The van der Waals surface area contributed by atoms with Gasteiger partial charge in [0.25, 0.3) is 0 Å². The number of rotatable bonds is 2. The second kappa shape index (κ2) is 6.38. The van der Waals surface area contributed by atoms with E-state index in [1.807, 2.05) is 6.08 Å². The summed E-state index contributed by atoms with van der Waals surface area (Å²) in [5.41, 5.74) is 0. The first kappa shape index (κ1) is 12.1. The second-order valence-electron chi connectivity index (χ2n) is 4.72. The van der Waals surface area contributed by atoms with Gasteiger partial charge in [0.05, 0.1) is 12.2 Å². The number of aliphatic hydroxyl groups excluding tert-OH is 1. The Balaban J connectivity index is 1.78. The normalized spacial score (nSPS) is 38.7. The standard InChI is InChI=1S/C13H22O3/c14-11-5-3-7-12(8-4-6-11)16-13-9-1-2-10-15-13/h3,7,11-14H,1-2,4-6,8-10H2/b7-3-. The van der Waals surface area contributed by atoms with E-state index in [9.17, 15) is 5.11 Å². The summed E-state index contributed by atoms with van der Waals surface area (Å²) in [7, 11) is 0. The van der Waals surface area contributed by atoms with Gasteiger partial charge in [-0.15, -0.1) is 0 Å². The molecule has 1 heterocycles. The van der Waals surface area contributed by atoms with Gasteiger partial charge in [0.15, 0.2) is 6.29 Å². The molecule has 1 aliphatic heterocycles. The molecule has 0 radical (unpaired) electrons. The van der Waals surface area contributed by atoms with E-state index in [2.05, 4.69) is 6.08 Å². The smallest absolute Gasteiger partial charge is 0.158 e. The zero-order valence-electron chi connectivity index (χ0n) is 9.81. The van der Waals surface area contributed by atoms with Crippen molar-refractivity contribution in [3.8, 4) is 0 Å². The number of hydrogen-bond donors (Lipinski definition) is 1. The molecule has 0 amide bonds. The summed E-state index contributed by atoms with van der Waals surface area (Å²) in [6.45, 7) is 0.833. The van der Waals surface area contributed by atoms with Gasteiger partial charge in [0.2, 0.25) is 0 Å². The molecular formula is C13H22O3. The van der Waals surface area contributed by atoms with Crippen molar-refractivity contribution in [1.82, 2.24) is 0 Å². The van der Waals surface area contributed by atoms with Crippen LogP contribution in [0.1, 0.15) is 44.9 Å². The fraction of sp³-hybridized carbons (Fsp3) is 0.846. The van der Waals surface area contributed by atoms with E-state index in [0.29, 0.717) is 0 Å². The largest absolute Gasteiger partial charge is 0.393 e. The zero-order chi connectivity index (χ0) is 11.2. The molecule has 3 unspecified atom stereocenters. The van der Waals surface area contributed by atoms with Crippen molar-refractivity contribution < 1.29 is 14.6 Å². The Labute approximate surface area is 97.4 Å². The lowest BCUT2D eigenvalue weighted by molar-refractivity contribution is -0.179. The first-order valence-electron chi connectivity index (χ1n) is 6.46. The highest BCUT2D eigenvalue weighted by atomic mass is 16.7. The third-order valence-corrected chi connectivity index (χ3v) is 3.25. The zero-order valence-corrected chi connectivity index (χ0v) is 9.81. The molecule has 0 aromatic carbocycles. The maximum atomic E-state index is 9.51. The summed E-state index contributed by atoms with van der Waals surface area (Å²) in [6, 6.07) is 0. The van der Waals surface area contributed by atoms with Crippen LogP contribution < -0.4 is 0 Å². The molecule has 0 spiro atoms. The Bertz CT molecular complexity index is 221. The highest BCUT2D eigenvalue weighted by Gasteiger charge is 2.19. The minimum atomic E-state index is -0.164. The van der Waals surface area contributed by atoms with Gasteiger partial charge >= 0.3 is 0 Å². The molecule has 3 atom stereocenters. The maximum absolute atomic E-state index is 9.51. The topological polar surface area (TPSA) is 38.7 Å². The van der Waals surface area contributed by atoms with Gasteiger partial charge in [-0.3, -0.25) is 0 Å². The van der Waals surface area contributed by atoms with Crippen LogP contribution >= 0.6 is 0 Å². The van der Waals surface area contributed by atoms with Crippen molar-refractivity contribution in [2.75, 3.05) is 6.61 Å². The minimum Gasteiger partial charge on any atom is -0.393 e. The van der Waals surface area contributed by atoms with Gasteiger partial charge in [-0.2, -0.15) is 0 Å². The summed E-state index contributed by atoms with van der Waals surface area (Å²) >= 11 is 0. The van der Waals surface area contributed by atoms with E-state index < -0.39 is 0 Å². The average Bonchev–Trinajstić information content (AvgIpc) is 2.27. The van der Waals surface area contributed by atoms with Crippen molar-refractivity contribution in [1.29, 1.82) is 0 Å². The molecule has 0 bridgehead atoms. The lowest BCUT2D eigenvalue weighted by Crippen LogP contribution is -2.27. The predicted molar refractivity (Wildman–Crippen MR) is 62.1 cm³/mol. The van der Waals surface area contributed by atoms with Crippen LogP contribution in [-0.4, -0.2) is 30.2 Å². The van der Waals surface area contributed by atoms with Crippen molar-refractivity contribution in [2.45, 2.75) is 63.4 Å². The van der Waals surface area contributed by atoms with Gasteiger partial charge in [0.1, 0.15) is 0 Å². The number of hydrogen-bond acceptors (Lipinski definition) is 3. The van der Waals surface area contributed by atoms with Crippen molar-refractivity contribution in [3.63, 3.8) is 0 Å². The van der Waals surface area contributed by atoms with E-state index in [-0.39, 0.29) is 18.5 Å². The van der Waals surface area contributed by atoms with Crippen molar-refractivity contribution >= 4 is 0 Å². The molecule has 2 aliphatic rings. The first-order valence-corrected chi connectivity index (χ1v) is 6.46. The summed E-state index contributed by atoms with van der Waals surface area (Å²) in [5.74, 6) is 0. The van der Waals surface area contributed by atoms with Gasteiger partial charge in [-0.25, -0.2) is 0 Å². The summed E-state index contributed by atoms with van der Waals surface area (Å²) in [6.07, 6.45) is 11.2. The molecule has 1 fully saturated rings. The molecule has 16 heavy (non-hydrogen) atoms. The maximum Gasteiger partial charge on any atom is 0.158 e. The van der Waals surface area contributed by atoms with Crippen LogP contribution in [0.2, 0.25) is 0 Å². The Morgan fingerprint density at radius 2 is 2.06 bits per heavy atom. The Morgan fingerprint density at radius 1 is 1.12 bits per heavy atom. The predicted octanol–water partition coefficient (Wildman–Crippen LogP) is 2.39. The van der Waals surface area contributed by atoms with Gasteiger partial charge in [-0.05, 0) is 44.9 Å². The fourth-order valence-corrected chi connectivity index (χ4v) is 2.28. The Kier molecular flexibility index (Phi) is 4.82. The molecule has 1 N–H and O–H groups in total. The van der Waals surface area contributed by atoms with Crippen LogP contribution in [0, 0.1) is 0 Å². The Hall–Kier alpha value is -0.380. The van der Waals surface area contributed by atoms with E-state index in [4.69, 9.17) is 9.47 Å². The summed E-state index contributed by atoms with van der Waals surface area (Å²) in [4.78, 5) is 0. The van der Waals surface area contributed by atoms with Gasteiger partial charge in [-0.1, -0.05) is 12.2 Å². The molecular weight excluding hydrogens is 204 g/mol. The second-order valence-corrected chi connectivity index (χ2v) is 4.72. The molecule has 0 saturated carbocycles. The summed E-state index contributed by atoms with van der Waals surface area (Å²) in [5, 5.41) is 9.51. The monoisotopic (exact) mass is 226 g/mol. The highest BCUT2D eigenvalue weighted by Crippen LogP contribution is 2.20.